The van der Waals surface area contributed by atoms with Crippen molar-refractivity contribution in [1.29, 1.82) is 0 Å². The molecule has 2 aromatic rings. The van der Waals surface area contributed by atoms with Gasteiger partial charge in [0, 0.05) is 18.2 Å². The van der Waals surface area contributed by atoms with Crippen LogP contribution in [0, 0.1) is 0 Å². The summed E-state index contributed by atoms with van der Waals surface area (Å²) in [5.74, 6) is 2.10. The van der Waals surface area contributed by atoms with Crippen LogP contribution in [0.1, 0.15) is 12.8 Å². The predicted octanol–water partition coefficient (Wildman–Crippen LogP) is 1.10. The maximum absolute atomic E-state index is 5.50. The van der Waals surface area contributed by atoms with Crippen LogP contribution in [0.5, 0.6) is 11.5 Å². The lowest BCUT2D eigenvalue weighted by atomic mass is 10.2. The standard InChI is InChI=1S/C13H19N5O2/c1-19-11-7-10(8-12(9-11)20-2)13-15-16-17-18(13)6-4-3-5-14/h7-9H,3-6,14H2,1-2H3. The number of aryl methyl sites for hydroxylation is 1. The Morgan fingerprint density at radius 3 is 2.40 bits per heavy atom. The second kappa shape index (κ2) is 6.85. The molecule has 0 saturated heterocycles. The first-order valence-corrected chi connectivity index (χ1v) is 6.48. The van der Waals surface area contributed by atoms with Crippen LogP contribution in [0.25, 0.3) is 11.4 Å². The quantitative estimate of drug-likeness (QED) is 0.762. The van der Waals surface area contributed by atoms with Gasteiger partial charge in [0.25, 0.3) is 0 Å². The molecule has 7 nitrogen and oxygen atoms in total. The summed E-state index contributed by atoms with van der Waals surface area (Å²) in [7, 11) is 3.23. The number of rotatable bonds is 7. The molecule has 1 heterocycles. The predicted molar refractivity (Wildman–Crippen MR) is 74.6 cm³/mol. The van der Waals surface area contributed by atoms with Gasteiger partial charge in [0.2, 0.25) is 0 Å². The van der Waals surface area contributed by atoms with Crippen molar-refractivity contribution in [3.8, 4) is 22.9 Å². The molecule has 0 unspecified atom stereocenters. The number of benzene rings is 1. The number of tetrazole rings is 1. The zero-order chi connectivity index (χ0) is 14.4. The van der Waals surface area contributed by atoms with Gasteiger partial charge in [-0.2, -0.15) is 0 Å². The summed E-state index contributed by atoms with van der Waals surface area (Å²) in [6.45, 7) is 1.41. The number of hydrogen-bond acceptors (Lipinski definition) is 6. The molecule has 108 valence electrons. The summed E-state index contributed by atoms with van der Waals surface area (Å²) < 4.78 is 12.3. The van der Waals surface area contributed by atoms with Crippen molar-refractivity contribution >= 4 is 0 Å². The normalized spacial score (nSPS) is 10.6. The summed E-state index contributed by atoms with van der Waals surface area (Å²) in [5.41, 5.74) is 6.36. The maximum Gasteiger partial charge on any atom is 0.182 e. The molecule has 0 fully saturated rings. The highest BCUT2D eigenvalue weighted by atomic mass is 16.5. The first kappa shape index (κ1) is 14.3. The third-order valence-corrected chi connectivity index (χ3v) is 2.97. The van der Waals surface area contributed by atoms with Gasteiger partial charge in [-0.25, -0.2) is 4.68 Å². The number of ether oxygens (including phenoxy) is 2. The van der Waals surface area contributed by atoms with E-state index in [1.54, 1.807) is 18.9 Å². The Balaban J connectivity index is 2.29. The van der Waals surface area contributed by atoms with Crippen molar-refractivity contribution in [1.82, 2.24) is 20.2 Å². The number of unbranched alkanes of at least 4 members (excludes halogenated alkanes) is 1. The molecule has 20 heavy (non-hydrogen) atoms. The molecule has 0 aliphatic carbocycles. The van der Waals surface area contributed by atoms with Crippen molar-refractivity contribution in [2.75, 3.05) is 20.8 Å². The van der Waals surface area contributed by atoms with Crippen molar-refractivity contribution in [2.45, 2.75) is 19.4 Å². The lowest BCUT2D eigenvalue weighted by molar-refractivity contribution is 0.394. The average Bonchev–Trinajstić information content (AvgIpc) is 2.95. The molecule has 0 atom stereocenters. The van der Waals surface area contributed by atoms with Gasteiger partial charge in [-0.15, -0.1) is 5.10 Å². The van der Waals surface area contributed by atoms with E-state index in [2.05, 4.69) is 15.5 Å². The summed E-state index contributed by atoms with van der Waals surface area (Å²) in [6, 6.07) is 5.58. The van der Waals surface area contributed by atoms with Crippen LogP contribution < -0.4 is 15.2 Å². The Kier molecular flexibility index (Phi) is 4.89. The summed E-state index contributed by atoms with van der Waals surface area (Å²) in [4.78, 5) is 0. The molecule has 0 aliphatic heterocycles. The lowest BCUT2D eigenvalue weighted by Gasteiger charge is -2.08. The van der Waals surface area contributed by atoms with Crippen molar-refractivity contribution in [2.24, 2.45) is 5.73 Å². The molecule has 0 bridgehead atoms. The van der Waals surface area contributed by atoms with Gasteiger partial charge in [0.1, 0.15) is 11.5 Å². The van der Waals surface area contributed by atoms with Gasteiger partial charge < -0.3 is 15.2 Å². The van der Waals surface area contributed by atoms with E-state index in [-0.39, 0.29) is 0 Å². The van der Waals surface area contributed by atoms with Crippen LogP contribution in [-0.4, -0.2) is 41.0 Å². The van der Waals surface area contributed by atoms with Crippen LogP contribution in [0.15, 0.2) is 18.2 Å². The van der Waals surface area contributed by atoms with Gasteiger partial charge >= 0.3 is 0 Å². The van der Waals surface area contributed by atoms with Gasteiger partial charge in [-0.05, 0) is 41.9 Å². The van der Waals surface area contributed by atoms with Gasteiger partial charge in [0.15, 0.2) is 5.82 Å². The van der Waals surface area contributed by atoms with E-state index >= 15 is 0 Å². The molecule has 1 aromatic heterocycles. The zero-order valence-corrected chi connectivity index (χ0v) is 11.7. The summed E-state index contributed by atoms with van der Waals surface area (Å²) in [6.07, 6.45) is 1.89. The number of aromatic nitrogens is 4. The van der Waals surface area contributed by atoms with Gasteiger partial charge in [-0.1, -0.05) is 0 Å². The van der Waals surface area contributed by atoms with E-state index in [0.717, 1.165) is 24.9 Å². The molecule has 0 amide bonds. The Morgan fingerprint density at radius 1 is 1.10 bits per heavy atom. The fourth-order valence-corrected chi connectivity index (χ4v) is 1.90. The molecule has 0 spiro atoms. The molecule has 0 aliphatic rings. The lowest BCUT2D eigenvalue weighted by Crippen LogP contribution is -2.06. The molecule has 1 aromatic carbocycles. The molecular formula is C13H19N5O2. The van der Waals surface area contributed by atoms with Crippen molar-refractivity contribution in [3.63, 3.8) is 0 Å². The first-order chi connectivity index (χ1) is 9.78. The Bertz CT molecular complexity index is 533. The first-order valence-electron chi connectivity index (χ1n) is 6.48. The second-order valence-corrected chi connectivity index (χ2v) is 4.32. The largest absolute Gasteiger partial charge is 0.497 e. The average molecular weight is 277 g/mol. The van der Waals surface area contributed by atoms with Gasteiger partial charge in [0.05, 0.1) is 14.2 Å². The molecule has 2 N–H and O–H groups in total. The SMILES string of the molecule is COc1cc(OC)cc(-c2nnnn2CCCCN)c1. The Morgan fingerprint density at radius 2 is 1.80 bits per heavy atom. The third-order valence-electron chi connectivity index (χ3n) is 2.97. The molecular weight excluding hydrogens is 258 g/mol. The molecule has 7 heteroatoms. The summed E-state index contributed by atoms with van der Waals surface area (Å²) in [5, 5.41) is 11.8. The van der Waals surface area contributed by atoms with Crippen molar-refractivity contribution in [3.05, 3.63) is 18.2 Å². The highest BCUT2D eigenvalue weighted by Gasteiger charge is 2.11. The van der Waals surface area contributed by atoms with E-state index in [1.807, 2.05) is 18.2 Å². The van der Waals surface area contributed by atoms with Crippen molar-refractivity contribution < 1.29 is 9.47 Å². The number of nitrogens with two attached hydrogens (primary N) is 1. The minimum atomic E-state index is 0.671. The fraction of sp³-hybridized carbons (Fsp3) is 0.462. The third kappa shape index (κ3) is 3.24. The van der Waals surface area contributed by atoms with E-state index < -0.39 is 0 Å². The second-order valence-electron chi connectivity index (χ2n) is 4.32. The smallest absolute Gasteiger partial charge is 0.182 e. The zero-order valence-electron chi connectivity index (χ0n) is 11.7. The van der Waals surface area contributed by atoms with E-state index in [9.17, 15) is 0 Å². The Labute approximate surface area is 117 Å². The summed E-state index contributed by atoms with van der Waals surface area (Å²) >= 11 is 0. The van der Waals surface area contributed by atoms with Crippen LogP contribution in [0.3, 0.4) is 0 Å². The Hall–Kier alpha value is -2.15. The maximum atomic E-state index is 5.50. The van der Waals surface area contributed by atoms with Crippen LogP contribution in [0.2, 0.25) is 0 Å². The highest BCUT2D eigenvalue weighted by Crippen LogP contribution is 2.28. The topological polar surface area (TPSA) is 88.1 Å². The monoisotopic (exact) mass is 277 g/mol. The number of methoxy groups -OCH3 is 2. The van der Waals surface area contributed by atoms with E-state index in [4.69, 9.17) is 15.2 Å². The minimum absolute atomic E-state index is 0.671. The highest BCUT2D eigenvalue weighted by molar-refractivity contribution is 5.60. The van der Waals surface area contributed by atoms with E-state index in [0.29, 0.717) is 23.9 Å². The van der Waals surface area contributed by atoms with Crippen LogP contribution in [-0.2, 0) is 6.54 Å². The van der Waals surface area contributed by atoms with Crippen LogP contribution in [0.4, 0.5) is 0 Å². The van der Waals surface area contributed by atoms with Crippen LogP contribution >= 0.6 is 0 Å². The minimum Gasteiger partial charge on any atom is -0.497 e. The number of nitrogens with zero attached hydrogens (tertiary/aromatic N) is 4. The molecule has 0 radical (unpaired) electrons. The molecule has 2 rings (SSSR count). The fourth-order valence-electron chi connectivity index (χ4n) is 1.90. The van der Waals surface area contributed by atoms with E-state index in [1.165, 1.54) is 0 Å². The van der Waals surface area contributed by atoms with Gasteiger partial charge in [-0.3, -0.25) is 0 Å². The molecule has 0 saturated carbocycles. The number of hydrogen-bond donors (Lipinski definition) is 1.